The molecule has 0 aliphatic rings. The standard InChI is InChI=1S/C22H18ClN5OS/c23-18-8-6-16(7-9-18)14-25-20(29)15-30-22-27-26-21(17-10-12-24-13-11-17)28(22)19-4-2-1-3-5-19/h1-13H,14-15H2,(H,25,29). The molecule has 2 aromatic heterocycles. The van der Waals surface area contributed by atoms with Gasteiger partial charge in [0.2, 0.25) is 5.91 Å². The Morgan fingerprint density at radius 1 is 0.967 bits per heavy atom. The first kappa shape index (κ1) is 20.1. The zero-order valence-corrected chi connectivity index (χ0v) is 17.5. The number of aromatic nitrogens is 4. The molecule has 0 bridgehead atoms. The number of nitrogens with one attached hydrogen (secondary N) is 1. The minimum atomic E-state index is -0.0805. The summed E-state index contributed by atoms with van der Waals surface area (Å²) in [4.78, 5) is 16.4. The Labute approximate surface area is 183 Å². The topological polar surface area (TPSA) is 72.7 Å². The highest BCUT2D eigenvalue weighted by molar-refractivity contribution is 7.99. The molecule has 0 spiro atoms. The maximum atomic E-state index is 12.4. The number of para-hydroxylation sites is 1. The number of pyridine rings is 1. The van der Waals surface area contributed by atoms with Gasteiger partial charge in [0.25, 0.3) is 0 Å². The fourth-order valence-electron chi connectivity index (χ4n) is 2.85. The van der Waals surface area contributed by atoms with E-state index in [-0.39, 0.29) is 11.7 Å². The summed E-state index contributed by atoms with van der Waals surface area (Å²) in [6, 6.07) is 21.0. The maximum absolute atomic E-state index is 12.4. The lowest BCUT2D eigenvalue weighted by Gasteiger charge is -2.10. The molecule has 0 saturated carbocycles. The lowest BCUT2D eigenvalue weighted by atomic mass is 10.2. The second kappa shape index (κ2) is 9.56. The van der Waals surface area contributed by atoms with Crippen molar-refractivity contribution in [2.24, 2.45) is 0 Å². The van der Waals surface area contributed by atoms with Gasteiger partial charge in [-0.1, -0.05) is 53.7 Å². The number of rotatable bonds is 7. The molecule has 0 radical (unpaired) electrons. The van der Waals surface area contributed by atoms with Crippen molar-refractivity contribution >= 4 is 29.3 Å². The molecule has 150 valence electrons. The number of amides is 1. The summed E-state index contributed by atoms with van der Waals surface area (Å²) in [5.41, 5.74) is 2.82. The highest BCUT2D eigenvalue weighted by atomic mass is 35.5. The van der Waals surface area contributed by atoms with Crippen LogP contribution in [0.1, 0.15) is 5.56 Å². The number of carbonyl (C=O) groups excluding carboxylic acids is 1. The molecular formula is C22H18ClN5OS. The van der Waals surface area contributed by atoms with Crippen molar-refractivity contribution in [2.45, 2.75) is 11.7 Å². The number of hydrogen-bond donors (Lipinski definition) is 1. The second-order valence-electron chi connectivity index (χ2n) is 6.40. The van der Waals surface area contributed by atoms with Gasteiger partial charge in [0.1, 0.15) is 0 Å². The van der Waals surface area contributed by atoms with Crippen LogP contribution in [0.4, 0.5) is 0 Å². The van der Waals surface area contributed by atoms with E-state index in [0.29, 0.717) is 22.5 Å². The van der Waals surface area contributed by atoms with E-state index in [9.17, 15) is 4.79 Å². The molecule has 2 aromatic carbocycles. The molecule has 6 nitrogen and oxygen atoms in total. The van der Waals surface area contributed by atoms with Crippen molar-refractivity contribution in [3.05, 3.63) is 89.7 Å². The van der Waals surface area contributed by atoms with Gasteiger partial charge < -0.3 is 5.32 Å². The minimum Gasteiger partial charge on any atom is -0.351 e. The number of halogens is 1. The quantitative estimate of drug-likeness (QED) is 0.436. The summed E-state index contributed by atoms with van der Waals surface area (Å²) in [7, 11) is 0. The van der Waals surface area contributed by atoms with Crippen molar-refractivity contribution < 1.29 is 4.79 Å². The molecule has 0 aliphatic heterocycles. The molecule has 0 atom stereocenters. The van der Waals surface area contributed by atoms with Crippen LogP contribution in [-0.2, 0) is 11.3 Å². The molecule has 2 heterocycles. The van der Waals surface area contributed by atoms with Crippen LogP contribution in [0.3, 0.4) is 0 Å². The average Bonchev–Trinajstić information content (AvgIpc) is 3.22. The number of thioether (sulfide) groups is 1. The van der Waals surface area contributed by atoms with E-state index >= 15 is 0 Å². The predicted octanol–water partition coefficient (Wildman–Crippen LogP) is 4.39. The van der Waals surface area contributed by atoms with E-state index in [1.54, 1.807) is 24.5 Å². The average molecular weight is 436 g/mol. The van der Waals surface area contributed by atoms with E-state index < -0.39 is 0 Å². The smallest absolute Gasteiger partial charge is 0.230 e. The van der Waals surface area contributed by atoms with E-state index in [4.69, 9.17) is 11.6 Å². The third-order valence-corrected chi connectivity index (χ3v) is 5.50. The highest BCUT2D eigenvalue weighted by Crippen LogP contribution is 2.27. The fraction of sp³-hybridized carbons (Fsp3) is 0.0909. The van der Waals surface area contributed by atoms with Crippen LogP contribution in [0, 0.1) is 0 Å². The molecule has 30 heavy (non-hydrogen) atoms. The normalized spacial score (nSPS) is 10.7. The molecular weight excluding hydrogens is 418 g/mol. The summed E-state index contributed by atoms with van der Waals surface area (Å²) in [6.45, 7) is 0.449. The van der Waals surface area contributed by atoms with Crippen molar-refractivity contribution in [1.82, 2.24) is 25.1 Å². The molecule has 0 saturated heterocycles. The first-order chi connectivity index (χ1) is 14.7. The molecule has 4 rings (SSSR count). The van der Waals surface area contributed by atoms with Gasteiger partial charge >= 0.3 is 0 Å². The van der Waals surface area contributed by atoms with Crippen molar-refractivity contribution in [3.63, 3.8) is 0 Å². The van der Waals surface area contributed by atoms with E-state index in [1.807, 2.05) is 59.2 Å². The zero-order valence-electron chi connectivity index (χ0n) is 15.9. The van der Waals surface area contributed by atoms with Crippen LogP contribution >= 0.6 is 23.4 Å². The molecule has 4 aromatic rings. The third-order valence-electron chi connectivity index (χ3n) is 4.32. The summed E-state index contributed by atoms with van der Waals surface area (Å²) in [5.74, 6) is 0.852. The first-order valence-electron chi connectivity index (χ1n) is 9.26. The van der Waals surface area contributed by atoms with Crippen LogP contribution in [0.25, 0.3) is 17.1 Å². The Morgan fingerprint density at radius 3 is 2.43 bits per heavy atom. The van der Waals surface area contributed by atoms with Crippen molar-refractivity contribution in [3.8, 4) is 17.1 Å². The van der Waals surface area contributed by atoms with Crippen LogP contribution < -0.4 is 5.32 Å². The Balaban J connectivity index is 1.49. The van der Waals surface area contributed by atoms with Crippen LogP contribution in [0.2, 0.25) is 5.02 Å². The van der Waals surface area contributed by atoms with Crippen LogP contribution in [0.15, 0.2) is 84.3 Å². The van der Waals surface area contributed by atoms with Crippen molar-refractivity contribution in [1.29, 1.82) is 0 Å². The van der Waals surface area contributed by atoms with Gasteiger partial charge in [-0.05, 0) is 42.0 Å². The lowest BCUT2D eigenvalue weighted by molar-refractivity contribution is -0.118. The first-order valence-corrected chi connectivity index (χ1v) is 10.6. The molecule has 0 unspecified atom stereocenters. The number of benzene rings is 2. The SMILES string of the molecule is O=C(CSc1nnc(-c2ccncc2)n1-c1ccccc1)NCc1ccc(Cl)cc1. The largest absolute Gasteiger partial charge is 0.351 e. The monoisotopic (exact) mass is 435 g/mol. The third kappa shape index (κ3) is 4.87. The summed E-state index contributed by atoms with van der Waals surface area (Å²) >= 11 is 7.24. The van der Waals surface area contributed by atoms with E-state index in [2.05, 4.69) is 20.5 Å². The number of nitrogens with zero attached hydrogens (tertiary/aromatic N) is 4. The second-order valence-corrected chi connectivity index (χ2v) is 7.78. The minimum absolute atomic E-state index is 0.0805. The Bertz CT molecular complexity index is 1120. The number of carbonyl (C=O) groups is 1. The zero-order chi connectivity index (χ0) is 20.8. The molecule has 1 amide bonds. The Hall–Kier alpha value is -3.16. The van der Waals surface area contributed by atoms with Crippen molar-refractivity contribution in [2.75, 3.05) is 5.75 Å². The Morgan fingerprint density at radius 2 is 1.70 bits per heavy atom. The van der Waals surface area contributed by atoms with Gasteiger partial charge in [-0.2, -0.15) is 0 Å². The van der Waals surface area contributed by atoms with Gasteiger partial charge in [-0.15, -0.1) is 10.2 Å². The maximum Gasteiger partial charge on any atom is 0.230 e. The summed E-state index contributed by atoms with van der Waals surface area (Å²) in [5, 5.41) is 12.9. The van der Waals surface area contributed by atoms with Gasteiger partial charge in [0.05, 0.1) is 5.75 Å². The Kier molecular flexibility index (Phi) is 6.41. The molecule has 8 heteroatoms. The molecule has 0 aliphatic carbocycles. The summed E-state index contributed by atoms with van der Waals surface area (Å²) in [6.07, 6.45) is 3.44. The van der Waals surface area contributed by atoms with Crippen LogP contribution in [0.5, 0.6) is 0 Å². The molecule has 1 N–H and O–H groups in total. The van der Waals surface area contributed by atoms with Gasteiger partial charge in [-0.25, -0.2) is 0 Å². The van der Waals surface area contributed by atoms with Gasteiger partial charge in [0, 0.05) is 35.2 Å². The molecule has 0 fully saturated rings. The number of hydrogen-bond acceptors (Lipinski definition) is 5. The predicted molar refractivity (Wildman–Crippen MR) is 119 cm³/mol. The highest BCUT2D eigenvalue weighted by Gasteiger charge is 2.17. The van der Waals surface area contributed by atoms with Gasteiger partial charge in [0.15, 0.2) is 11.0 Å². The summed E-state index contributed by atoms with van der Waals surface area (Å²) < 4.78 is 1.95. The van der Waals surface area contributed by atoms with E-state index in [1.165, 1.54) is 11.8 Å². The van der Waals surface area contributed by atoms with Crippen LogP contribution in [-0.4, -0.2) is 31.4 Å². The van der Waals surface area contributed by atoms with Gasteiger partial charge in [-0.3, -0.25) is 14.3 Å². The lowest BCUT2D eigenvalue weighted by Crippen LogP contribution is -2.24. The van der Waals surface area contributed by atoms with E-state index in [0.717, 1.165) is 16.8 Å². The fourth-order valence-corrected chi connectivity index (χ4v) is 3.75.